The molecule has 102 valence electrons. The molecule has 3 aliphatic heterocycles. The van der Waals surface area contributed by atoms with Crippen LogP contribution in [0, 0.1) is 0 Å². The maximum absolute atomic E-state index is 3.55. The van der Waals surface area contributed by atoms with Crippen LogP contribution in [0.25, 0.3) is 0 Å². The van der Waals surface area contributed by atoms with Crippen molar-refractivity contribution in [3.8, 4) is 0 Å². The zero-order chi connectivity index (χ0) is 12.7. The minimum absolute atomic E-state index is 0.803. The van der Waals surface area contributed by atoms with Crippen LogP contribution in [0.15, 0.2) is 18.2 Å². The summed E-state index contributed by atoms with van der Waals surface area (Å²) >= 11 is 0. The molecule has 3 heteroatoms. The third kappa shape index (κ3) is 2.10. The molecule has 1 aromatic rings. The first-order valence-electron chi connectivity index (χ1n) is 7.76. The zero-order valence-electron chi connectivity index (χ0n) is 11.6. The van der Waals surface area contributed by atoms with Gasteiger partial charge >= 0.3 is 0 Å². The van der Waals surface area contributed by atoms with Crippen LogP contribution in [0.5, 0.6) is 0 Å². The molecule has 3 nitrogen and oxygen atoms in total. The first kappa shape index (κ1) is 11.6. The van der Waals surface area contributed by atoms with Crippen LogP contribution < -0.4 is 10.2 Å². The number of nitrogens with one attached hydrogen (secondary N) is 1. The van der Waals surface area contributed by atoms with E-state index in [1.165, 1.54) is 68.8 Å². The molecule has 4 rings (SSSR count). The molecular weight excluding hydrogens is 234 g/mol. The Labute approximate surface area is 115 Å². The van der Waals surface area contributed by atoms with E-state index in [0.29, 0.717) is 0 Å². The molecule has 0 saturated carbocycles. The van der Waals surface area contributed by atoms with E-state index in [1.807, 2.05) is 0 Å². The van der Waals surface area contributed by atoms with Gasteiger partial charge in [0, 0.05) is 43.6 Å². The molecule has 0 amide bonds. The largest absolute Gasteiger partial charge is 0.385 e. The van der Waals surface area contributed by atoms with Crippen LogP contribution in [-0.4, -0.2) is 43.7 Å². The van der Waals surface area contributed by atoms with E-state index >= 15 is 0 Å². The fourth-order valence-electron chi connectivity index (χ4n) is 3.87. The summed E-state index contributed by atoms with van der Waals surface area (Å²) in [6.45, 7) is 6.11. The normalized spacial score (nSPS) is 26.7. The summed E-state index contributed by atoms with van der Waals surface area (Å²) in [5, 5.41) is 3.55. The molecule has 0 aliphatic carbocycles. The molecular formula is C16H23N3. The lowest BCUT2D eigenvalue weighted by atomic mass is 10.0. The maximum atomic E-state index is 3.55. The monoisotopic (exact) mass is 257 g/mol. The highest BCUT2D eigenvalue weighted by Gasteiger charge is 2.30. The van der Waals surface area contributed by atoms with Crippen molar-refractivity contribution in [1.82, 2.24) is 4.90 Å². The van der Waals surface area contributed by atoms with Crippen LogP contribution in [0.3, 0.4) is 0 Å². The van der Waals surface area contributed by atoms with Crippen molar-refractivity contribution in [3.63, 3.8) is 0 Å². The summed E-state index contributed by atoms with van der Waals surface area (Å²) < 4.78 is 0. The van der Waals surface area contributed by atoms with Gasteiger partial charge in [0.25, 0.3) is 0 Å². The Balaban J connectivity index is 1.55. The number of nitrogens with zero attached hydrogens (tertiary/aromatic N) is 2. The van der Waals surface area contributed by atoms with Gasteiger partial charge in [-0.15, -0.1) is 0 Å². The lowest BCUT2D eigenvalue weighted by Gasteiger charge is -2.39. The number of rotatable bonds is 1. The summed E-state index contributed by atoms with van der Waals surface area (Å²) in [7, 11) is 0. The van der Waals surface area contributed by atoms with Crippen molar-refractivity contribution >= 4 is 11.4 Å². The van der Waals surface area contributed by atoms with E-state index in [9.17, 15) is 0 Å². The van der Waals surface area contributed by atoms with Gasteiger partial charge in [-0.1, -0.05) is 6.07 Å². The molecule has 2 saturated heterocycles. The van der Waals surface area contributed by atoms with E-state index in [1.54, 1.807) is 0 Å². The highest BCUT2D eigenvalue weighted by molar-refractivity contribution is 5.63. The van der Waals surface area contributed by atoms with Crippen LogP contribution in [0.1, 0.15) is 24.8 Å². The summed E-state index contributed by atoms with van der Waals surface area (Å²) in [4.78, 5) is 5.26. The molecule has 3 aliphatic rings. The second-order valence-electron chi connectivity index (χ2n) is 6.15. The SMILES string of the molecule is c1cc2c(cc1N1CCN3CCCC3C1)NCCC2. The Morgan fingerprint density at radius 3 is 3.11 bits per heavy atom. The minimum atomic E-state index is 0.803. The Hall–Kier alpha value is -1.22. The molecule has 3 heterocycles. The average Bonchev–Trinajstić information content (AvgIpc) is 2.94. The molecule has 1 N–H and O–H groups in total. The zero-order valence-corrected chi connectivity index (χ0v) is 11.6. The van der Waals surface area contributed by atoms with Crippen LogP contribution in [-0.2, 0) is 6.42 Å². The van der Waals surface area contributed by atoms with E-state index in [2.05, 4.69) is 33.3 Å². The number of hydrogen-bond acceptors (Lipinski definition) is 3. The van der Waals surface area contributed by atoms with Crippen molar-refractivity contribution in [2.45, 2.75) is 31.7 Å². The predicted octanol–water partition coefficient (Wildman–Crippen LogP) is 2.33. The maximum Gasteiger partial charge on any atom is 0.0393 e. The highest BCUT2D eigenvalue weighted by Crippen LogP contribution is 2.30. The lowest BCUT2D eigenvalue weighted by Crippen LogP contribution is -2.50. The van der Waals surface area contributed by atoms with Gasteiger partial charge in [-0.05, 0) is 49.9 Å². The molecule has 1 unspecified atom stereocenters. The molecule has 19 heavy (non-hydrogen) atoms. The van der Waals surface area contributed by atoms with Crippen LogP contribution in [0.2, 0.25) is 0 Å². The molecule has 1 aromatic carbocycles. The second kappa shape index (κ2) is 4.71. The molecule has 2 fully saturated rings. The van der Waals surface area contributed by atoms with E-state index < -0.39 is 0 Å². The quantitative estimate of drug-likeness (QED) is 0.833. The molecule has 0 bridgehead atoms. The predicted molar refractivity (Wildman–Crippen MR) is 80.1 cm³/mol. The highest BCUT2D eigenvalue weighted by atomic mass is 15.3. The van der Waals surface area contributed by atoms with Gasteiger partial charge in [0.2, 0.25) is 0 Å². The van der Waals surface area contributed by atoms with E-state index in [-0.39, 0.29) is 0 Å². The Morgan fingerprint density at radius 1 is 1.11 bits per heavy atom. The number of fused-ring (bicyclic) bond motifs is 2. The Bertz CT molecular complexity index is 471. The summed E-state index contributed by atoms with van der Waals surface area (Å²) in [6.07, 6.45) is 5.29. The number of anilines is 2. The van der Waals surface area contributed by atoms with Gasteiger partial charge in [0.05, 0.1) is 0 Å². The first-order valence-corrected chi connectivity index (χ1v) is 7.76. The Kier molecular flexibility index (Phi) is 2.87. The third-order valence-corrected chi connectivity index (χ3v) is 4.98. The van der Waals surface area contributed by atoms with E-state index in [0.717, 1.165) is 12.6 Å². The summed E-state index contributed by atoms with van der Waals surface area (Å²) in [5.41, 5.74) is 4.28. The van der Waals surface area contributed by atoms with Crippen LogP contribution in [0.4, 0.5) is 11.4 Å². The molecule has 0 spiro atoms. The fraction of sp³-hybridized carbons (Fsp3) is 0.625. The van der Waals surface area contributed by atoms with Gasteiger partial charge in [-0.2, -0.15) is 0 Å². The average molecular weight is 257 g/mol. The first-order chi connectivity index (χ1) is 9.40. The lowest BCUT2D eigenvalue weighted by molar-refractivity contribution is 0.231. The number of hydrogen-bond donors (Lipinski definition) is 1. The smallest absolute Gasteiger partial charge is 0.0393 e. The van der Waals surface area contributed by atoms with Gasteiger partial charge in [0.1, 0.15) is 0 Å². The van der Waals surface area contributed by atoms with Gasteiger partial charge < -0.3 is 10.2 Å². The molecule has 0 radical (unpaired) electrons. The van der Waals surface area contributed by atoms with Crippen molar-refractivity contribution < 1.29 is 0 Å². The minimum Gasteiger partial charge on any atom is -0.385 e. The topological polar surface area (TPSA) is 18.5 Å². The molecule has 1 atom stereocenters. The van der Waals surface area contributed by atoms with Crippen LogP contribution >= 0.6 is 0 Å². The fourth-order valence-corrected chi connectivity index (χ4v) is 3.87. The van der Waals surface area contributed by atoms with Crippen molar-refractivity contribution in [2.24, 2.45) is 0 Å². The number of aryl methyl sites for hydroxylation is 1. The van der Waals surface area contributed by atoms with Gasteiger partial charge in [-0.3, -0.25) is 4.90 Å². The second-order valence-corrected chi connectivity index (χ2v) is 6.15. The number of benzene rings is 1. The Morgan fingerprint density at radius 2 is 2.11 bits per heavy atom. The van der Waals surface area contributed by atoms with Crippen molar-refractivity contribution in [3.05, 3.63) is 23.8 Å². The van der Waals surface area contributed by atoms with Crippen molar-refractivity contribution in [2.75, 3.05) is 42.9 Å². The number of piperazine rings is 1. The standard InChI is InChI=1S/C16H23N3/c1-3-13-5-6-14(11-16(13)17-7-1)19-10-9-18-8-2-4-15(18)12-19/h5-6,11,15,17H,1-4,7-10,12H2. The summed E-state index contributed by atoms with van der Waals surface area (Å²) in [5.74, 6) is 0. The molecule has 0 aromatic heterocycles. The van der Waals surface area contributed by atoms with E-state index in [4.69, 9.17) is 0 Å². The van der Waals surface area contributed by atoms with Gasteiger partial charge in [0.15, 0.2) is 0 Å². The van der Waals surface area contributed by atoms with Crippen molar-refractivity contribution in [1.29, 1.82) is 0 Å². The summed E-state index contributed by atoms with van der Waals surface area (Å²) in [6, 6.07) is 7.84. The third-order valence-electron chi connectivity index (χ3n) is 4.98. The van der Waals surface area contributed by atoms with Gasteiger partial charge in [-0.25, -0.2) is 0 Å².